The third-order valence-corrected chi connectivity index (χ3v) is 7.19. The Morgan fingerprint density at radius 1 is 0.290 bits per heavy atom. The zero-order valence-electron chi connectivity index (χ0n) is 22.5. The summed E-state index contributed by atoms with van der Waals surface area (Å²) in [5, 5.41) is 0. The molecule has 0 radical (unpaired) electrons. The van der Waals surface area contributed by atoms with Gasteiger partial charge in [-0.1, -0.05) is 111 Å². The van der Waals surface area contributed by atoms with Gasteiger partial charge in [0.2, 0.25) is 0 Å². The summed E-state index contributed by atoms with van der Waals surface area (Å²) in [6, 6.07) is 0. The molecule has 0 atom stereocenters. The maximum absolute atomic E-state index is 2.35. The average molecular weight is 505 g/mol. The first-order chi connectivity index (χ1) is 14.7. The molecule has 0 heterocycles. The van der Waals surface area contributed by atoms with Crippen LogP contribution < -0.4 is 17.0 Å². The van der Waals surface area contributed by atoms with Gasteiger partial charge in [0, 0.05) is 0 Å². The van der Waals surface area contributed by atoms with E-state index in [0.29, 0.717) is 0 Å². The van der Waals surface area contributed by atoms with Gasteiger partial charge < -0.3 is 21.5 Å². The van der Waals surface area contributed by atoms with Crippen LogP contribution >= 0.6 is 0 Å². The highest BCUT2D eigenvalue weighted by atomic mass is 79.9. The largest absolute Gasteiger partial charge is 1.00 e. The summed E-state index contributed by atoms with van der Waals surface area (Å²) in [5.41, 5.74) is 0. The number of hydrogen-bond acceptors (Lipinski definition) is 0. The summed E-state index contributed by atoms with van der Waals surface area (Å²) in [4.78, 5) is 0. The smallest absolute Gasteiger partial charge is 0.0786 e. The van der Waals surface area contributed by atoms with Crippen molar-refractivity contribution in [2.45, 2.75) is 163 Å². The number of unbranched alkanes of at least 4 members (excludes halogenated alkanes) is 17. The van der Waals surface area contributed by atoms with Gasteiger partial charge in [-0.25, -0.2) is 0 Å². The zero-order valence-corrected chi connectivity index (χ0v) is 24.1. The number of nitrogens with zero attached hydrogens (tertiary/aromatic N) is 1. The van der Waals surface area contributed by atoms with Gasteiger partial charge in [0.25, 0.3) is 0 Å². The quantitative estimate of drug-likeness (QED) is 0.0921. The molecule has 0 fully saturated rings. The Hall–Kier alpha value is 0.440. The molecule has 0 unspecified atom stereocenters. The van der Waals surface area contributed by atoms with Crippen LogP contribution in [0.1, 0.15) is 163 Å². The fourth-order valence-corrected chi connectivity index (χ4v) is 5.05. The first-order valence-corrected chi connectivity index (χ1v) is 14.6. The van der Waals surface area contributed by atoms with Crippen molar-refractivity contribution < 1.29 is 21.5 Å². The van der Waals surface area contributed by atoms with Gasteiger partial charge in [0.05, 0.1) is 26.2 Å². The molecular formula is C29H62BrN. The minimum absolute atomic E-state index is 0. The van der Waals surface area contributed by atoms with Crippen LogP contribution in [0.15, 0.2) is 0 Å². The van der Waals surface area contributed by atoms with Gasteiger partial charge in [-0.2, -0.15) is 0 Å². The van der Waals surface area contributed by atoms with E-state index in [1.165, 1.54) is 165 Å². The van der Waals surface area contributed by atoms with Gasteiger partial charge in [-0.3, -0.25) is 0 Å². The lowest BCUT2D eigenvalue weighted by atomic mass is 10.0. The molecule has 0 amide bonds. The normalized spacial score (nSPS) is 11.6. The molecule has 0 bridgehead atoms. The van der Waals surface area contributed by atoms with Crippen molar-refractivity contribution in [3.8, 4) is 0 Å². The molecule has 2 heteroatoms. The van der Waals surface area contributed by atoms with Crippen molar-refractivity contribution in [1.29, 1.82) is 0 Å². The van der Waals surface area contributed by atoms with Crippen molar-refractivity contribution in [2.24, 2.45) is 0 Å². The SMILES string of the molecule is CCCCCCCCCCC[N+](CCCCCC)(CCCCCC)CCCCCC.[Br-]. The number of quaternary nitrogens is 1. The number of rotatable bonds is 25. The maximum Gasteiger partial charge on any atom is 0.0786 e. The molecule has 0 rings (SSSR count). The lowest BCUT2D eigenvalue weighted by Gasteiger charge is -2.39. The third kappa shape index (κ3) is 22.0. The molecule has 0 aliphatic carbocycles. The topological polar surface area (TPSA) is 0 Å². The minimum atomic E-state index is 0. The Kier molecular flexibility index (Phi) is 28.9. The van der Waals surface area contributed by atoms with E-state index in [-0.39, 0.29) is 17.0 Å². The Labute approximate surface area is 209 Å². The molecule has 1 nitrogen and oxygen atoms in total. The van der Waals surface area contributed by atoms with Crippen LogP contribution in [0.3, 0.4) is 0 Å². The molecule has 0 aromatic heterocycles. The maximum atomic E-state index is 2.35. The van der Waals surface area contributed by atoms with Crippen LogP contribution in [0.25, 0.3) is 0 Å². The second kappa shape index (κ2) is 26.7. The fourth-order valence-electron chi connectivity index (χ4n) is 5.05. The molecule has 0 N–H and O–H groups in total. The highest BCUT2D eigenvalue weighted by molar-refractivity contribution is 4.54. The first-order valence-electron chi connectivity index (χ1n) is 14.6. The highest BCUT2D eigenvalue weighted by Gasteiger charge is 2.25. The highest BCUT2D eigenvalue weighted by Crippen LogP contribution is 2.20. The van der Waals surface area contributed by atoms with Crippen LogP contribution in [0.4, 0.5) is 0 Å². The van der Waals surface area contributed by atoms with E-state index in [1.807, 2.05) is 0 Å². The van der Waals surface area contributed by atoms with E-state index in [2.05, 4.69) is 27.7 Å². The van der Waals surface area contributed by atoms with E-state index in [0.717, 1.165) is 0 Å². The summed E-state index contributed by atoms with van der Waals surface area (Å²) in [6.45, 7) is 15.2. The molecular weight excluding hydrogens is 442 g/mol. The number of halogens is 1. The second-order valence-corrected chi connectivity index (χ2v) is 10.2. The van der Waals surface area contributed by atoms with Gasteiger partial charge in [-0.05, 0) is 51.4 Å². The number of hydrogen-bond donors (Lipinski definition) is 0. The first kappa shape index (κ1) is 33.6. The molecule has 0 spiro atoms. The van der Waals surface area contributed by atoms with E-state index >= 15 is 0 Å². The van der Waals surface area contributed by atoms with Crippen LogP contribution in [0.5, 0.6) is 0 Å². The standard InChI is InChI=1S/C29H62N.BrH/c1-5-9-13-17-18-19-20-21-25-29-30(26-22-14-10-6-2,27-23-15-11-7-3)28-24-16-12-8-4;/h5-29H2,1-4H3;1H/q+1;/p-1. The summed E-state index contributed by atoms with van der Waals surface area (Å²) in [7, 11) is 0. The van der Waals surface area contributed by atoms with Crippen LogP contribution in [-0.2, 0) is 0 Å². The van der Waals surface area contributed by atoms with E-state index in [1.54, 1.807) is 0 Å². The zero-order chi connectivity index (χ0) is 22.2. The Balaban J connectivity index is 0. The van der Waals surface area contributed by atoms with E-state index in [4.69, 9.17) is 0 Å². The van der Waals surface area contributed by atoms with Gasteiger partial charge in [0.15, 0.2) is 0 Å². The van der Waals surface area contributed by atoms with Gasteiger partial charge in [-0.15, -0.1) is 0 Å². The molecule has 190 valence electrons. The summed E-state index contributed by atoms with van der Waals surface area (Å²) in [5.74, 6) is 0. The lowest BCUT2D eigenvalue weighted by Crippen LogP contribution is -3.00. The second-order valence-electron chi connectivity index (χ2n) is 10.2. The molecule has 0 aromatic rings. The van der Waals surface area contributed by atoms with E-state index in [9.17, 15) is 0 Å². The molecule has 0 saturated heterocycles. The predicted octanol–water partition coefficient (Wildman–Crippen LogP) is 7.08. The Morgan fingerprint density at radius 3 is 0.742 bits per heavy atom. The minimum Gasteiger partial charge on any atom is -1.00 e. The Bertz CT molecular complexity index is 287. The van der Waals surface area contributed by atoms with Crippen LogP contribution in [0.2, 0.25) is 0 Å². The summed E-state index contributed by atoms with van der Waals surface area (Å²) in [6.07, 6.45) is 30.3. The van der Waals surface area contributed by atoms with Crippen molar-refractivity contribution in [3.05, 3.63) is 0 Å². The van der Waals surface area contributed by atoms with Gasteiger partial charge in [0.1, 0.15) is 0 Å². The monoisotopic (exact) mass is 503 g/mol. The summed E-state index contributed by atoms with van der Waals surface area (Å²) >= 11 is 0. The molecule has 0 saturated carbocycles. The van der Waals surface area contributed by atoms with Crippen LogP contribution in [-0.4, -0.2) is 30.7 Å². The van der Waals surface area contributed by atoms with Crippen LogP contribution in [0, 0.1) is 0 Å². The predicted molar refractivity (Wildman–Crippen MR) is 139 cm³/mol. The molecule has 0 aliphatic heterocycles. The lowest BCUT2D eigenvalue weighted by molar-refractivity contribution is -0.929. The summed E-state index contributed by atoms with van der Waals surface area (Å²) < 4.78 is 1.47. The molecule has 0 aromatic carbocycles. The Morgan fingerprint density at radius 2 is 0.484 bits per heavy atom. The van der Waals surface area contributed by atoms with Gasteiger partial charge >= 0.3 is 0 Å². The van der Waals surface area contributed by atoms with Crippen molar-refractivity contribution in [3.63, 3.8) is 0 Å². The van der Waals surface area contributed by atoms with Crippen molar-refractivity contribution in [2.75, 3.05) is 26.2 Å². The fraction of sp³-hybridized carbons (Fsp3) is 1.00. The van der Waals surface area contributed by atoms with E-state index < -0.39 is 0 Å². The third-order valence-electron chi connectivity index (χ3n) is 7.19. The molecule has 0 aliphatic rings. The molecule has 31 heavy (non-hydrogen) atoms. The van der Waals surface area contributed by atoms with Crippen molar-refractivity contribution >= 4 is 0 Å². The van der Waals surface area contributed by atoms with Crippen molar-refractivity contribution in [1.82, 2.24) is 0 Å². The average Bonchev–Trinajstić information content (AvgIpc) is 2.76.